The molecular weight excluding hydrogens is 458 g/mol. The maximum absolute atomic E-state index is 12.4. The molecule has 2 aromatic carbocycles. The number of amides is 1. The number of carboxylic acid groups (broad SMARTS) is 2. The highest BCUT2D eigenvalue weighted by Crippen LogP contribution is 2.38. The zero-order chi connectivity index (χ0) is 25.2. The van der Waals surface area contributed by atoms with E-state index in [0.29, 0.717) is 0 Å². The van der Waals surface area contributed by atoms with Gasteiger partial charge in [-0.05, 0) is 24.6 Å². The van der Waals surface area contributed by atoms with E-state index in [-0.39, 0.29) is 16.5 Å². The number of phenols is 3. The van der Waals surface area contributed by atoms with Crippen LogP contribution in [-0.4, -0.2) is 54.7 Å². The van der Waals surface area contributed by atoms with Crippen LogP contribution in [0.2, 0.25) is 0 Å². The Balaban J connectivity index is 1.87. The third-order valence-corrected chi connectivity index (χ3v) is 4.60. The predicted octanol–water partition coefficient (Wildman–Crippen LogP) is 1.69. The normalized spacial score (nSPS) is 11.6. The van der Waals surface area contributed by atoms with E-state index < -0.39 is 76.9 Å². The largest absolute Gasteiger partial charge is 0.508 e. The van der Waals surface area contributed by atoms with Crippen LogP contribution in [0.4, 0.5) is 4.79 Å². The molecule has 0 radical (unpaired) electrons. The van der Waals surface area contributed by atoms with Crippen LogP contribution in [0, 0.1) is 0 Å². The van der Waals surface area contributed by atoms with Gasteiger partial charge in [0.1, 0.15) is 28.5 Å². The van der Waals surface area contributed by atoms with Crippen LogP contribution in [0.25, 0.3) is 22.3 Å². The van der Waals surface area contributed by atoms with Gasteiger partial charge in [-0.15, -0.1) is 0 Å². The number of benzene rings is 2. The summed E-state index contributed by atoms with van der Waals surface area (Å²) in [6.07, 6.45) is -2.21. The molecule has 7 N–H and O–H groups in total. The highest BCUT2D eigenvalue weighted by atomic mass is 16.6. The van der Waals surface area contributed by atoms with Gasteiger partial charge < -0.3 is 45.1 Å². The molecule has 0 aliphatic heterocycles. The second-order valence-corrected chi connectivity index (χ2v) is 6.99. The number of carbonyl (C=O) groups excluding carboxylic acids is 1. The molecule has 1 heterocycles. The van der Waals surface area contributed by atoms with E-state index in [1.54, 1.807) is 0 Å². The first-order valence-corrected chi connectivity index (χ1v) is 9.46. The van der Waals surface area contributed by atoms with Crippen LogP contribution in [-0.2, 0) is 9.59 Å². The zero-order valence-electron chi connectivity index (χ0n) is 17.0. The predicted molar refractivity (Wildman–Crippen MR) is 112 cm³/mol. The summed E-state index contributed by atoms with van der Waals surface area (Å²) >= 11 is 0. The van der Waals surface area contributed by atoms with Crippen molar-refractivity contribution in [2.24, 2.45) is 0 Å². The molecule has 178 valence electrons. The van der Waals surface area contributed by atoms with Crippen LogP contribution >= 0.6 is 0 Å². The van der Waals surface area contributed by atoms with Crippen molar-refractivity contribution in [1.82, 2.24) is 5.32 Å². The van der Waals surface area contributed by atoms with Crippen molar-refractivity contribution >= 4 is 29.0 Å². The molecule has 0 aliphatic rings. The summed E-state index contributed by atoms with van der Waals surface area (Å²) in [6, 6.07) is 3.58. The van der Waals surface area contributed by atoms with Crippen molar-refractivity contribution in [3.05, 3.63) is 40.6 Å². The van der Waals surface area contributed by atoms with E-state index >= 15 is 0 Å². The Labute approximate surface area is 188 Å². The van der Waals surface area contributed by atoms with Crippen molar-refractivity contribution in [1.29, 1.82) is 0 Å². The number of nitrogens with one attached hydrogen (secondary N) is 1. The van der Waals surface area contributed by atoms with E-state index in [9.17, 15) is 39.6 Å². The van der Waals surface area contributed by atoms with Gasteiger partial charge in [-0.2, -0.15) is 0 Å². The number of aromatic hydroxyl groups is 4. The Morgan fingerprint density at radius 2 is 1.71 bits per heavy atom. The smallest absolute Gasteiger partial charge is 0.413 e. The second kappa shape index (κ2) is 9.28. The number of carbonyl (C=O) groups is 3. The first-order valence-electron chi connectivity index (χ1n) is 9.46. The summed E-state index contributed by atoms with van der Waals surface area (Å²) in [7, 11) is 0. The summed E-state index contributed by atoms with van der Waals surface area (Å²) < 4.78 is 10.3. The van der Waals surface area contributed by atoms with Gasteiger partial charge in [0.05, 0.1) is 0 Å². The highest BCUT2D eigenvalue weighted by Gasteiger charge is 2.23. The summed E-state index contributed by atoms with van der Waals surface area (Å²) in [4.78, 5) is 46.2. The number of aliphatic carboxylic acids is 2. The number of phenolic OH excluding ortho intramolecular Hbond substituents is 3. The lowest BCUT2D eigenvalue weighted by molar-refractivity contribution is -0.140. The molecule has 0 saturated carbocycles. The maximum atomic E-state index is 12.4. The van der Waals surface area contributed by atoms with Crippen LogP contribution in [0.5, 0.6) is 28.7 Å². The van der Waals surface area contributed by atoms with Crippen LogP contribution in [0.15, 0.2) is 39.5 Å². The molecule has 1 amide bonds. The molecule has 0 aliphatic carbocycles. The standard InChI is InChI=1S/C21H17NO12/c23-9-6-12(25)16-14(7-9)33-19(18(29)17(16)28)8-1-3-13(11(24)5-8)34-21(32)22-10(20(30)31)2-4-15(26)27/h1,3,5-7,10,23-25,29H,2,4H2,(H,22,32)(H,26,27)(H,30,31)/t10-/m0/s1. The van der Waals surface area contributed by atoms with Crippen LogP contribution in [0.3, 0.4) is 0 Å². The number of rotatable bonds is 7. The molecular formula is C21H17NO12. The summed E-state index contributed by atoms with van der Waals surface area (Å²) in [5, 5.41) is 59.2. The van der Waals surface area contributed by atoms with E-state index in [1.807, 2.05) is 5.32 Å². The third kappa shape index (κ3) is 4.93. The third-order valence-electron chi connectivity index (χ3n) is 4.60. The molecule has 0 bridgehead atoms. The minimum absolute atomic E-state index is 0.0468. The molecule has 13 heteroatoms. The Kier molecular flexibility index (Phi) is 6.47. The minimum atomic E-state index is -1.55. The zero-order valence-corrected chi connectivity index (χ0v) is 17.0. The van der Waals surface area contributed by atoms with Crippen molar-refractivity contribution in [2.75, 3.05) is 0 Å². The van der Waals surface area contributed by atoms with Gasteiger partial charge in [0, 0.05) is 24.1 Å². The van der Waals surface area contributed by atoms with Gasteiger partial charge in [-0.1, -0.05) is 0 Å². The van der Waals surface area contributed by atoms with Crippen LogP contribution in [0.1, 0.15) is 12.8 Å². The lowest BCUT2D eigenvalue weighted by Crippen LogP contribution is -2.42. The molecule has 0 fully saturated rings. The van der Waals surface area contributed by atoms with E-state index in [0.717, 1.165) is 24.3 Å². The SMILES string of the molecule is O=C(O)CC[C@H](NC(=O)Oc1ccc(-c2oc3cc(O)cc(O)c3c(=O)c2O)cc1O)C(=O)O. The molecule has 34 heavy (non-hydrogen) atoms. The molecule has 1 atom stereocenters. The Morgan fingerprint density at radius 1 is 1.00 bits per heavy atom. The fraction of sp³-hybridized carbons (Fsp3) is 0.143. The molecule has 1 aromatic heterocycles. The number of ether oxygens (including phenoxy) is 1. The second-order valence-electron chi connectivity index (χ2n) is 6.99. The Hall–Kier alpha value is -4.94. The molecule has 13 nitrogen and oxygen atoms in total. The molecule has 0 saturated heterocycles. The average Bonchev–Trinajstić information content (AvgIpc) is 2.74. The lowest BCUT2D eigenvalue weighted by Gasteiger charge is -2.14. The summed E-state index contributed by atoms with van der Waals surface area (Å²) in [5.41, 5.74) is -1.31. The van der Waals surface area contributed by atoms with Gasteiger partial charge in [-0.3, -0.25) is 9.59 Å². The maximum Gasteiger partial charge on any atom is 0.413 e. The average molecular weight is 475 g/mol. The monoisotopic (exact) mass is 475 g/mol. The first kappa shape index (κ1) is 23.7. The van der Waals surface area contributed by atoms with Crippen LogP contribution < -0.4 is 15.5 Å². The van der Waals surface area contributed by atoms with Gasteiger partial charge in [0.15, 0.2) is 17.3 Å². The topological polar surface area (TPSA) is 224 Å². The Morgan fingerprint density at radius 3 is 2.32 bits per heavy atom. The van der Waals surface area contributed by atoms with Crippen molar-refractivity contribution in [2.45, 2.75) is 18.9 Å². The Bertz CT molecular complexity index is 1360. The van der Waals surface area contributed by atoms with Gasteiger partial charge in [0.2, 0.25) is 11.2 Å². The van der Waals surface area contributed by atoms with Gasteiger partial charge >= 0.3 is 18.0 Å². The summed E-state index contributed by atoms with van der Waals surface area (Å²) in [5.74, 6) is -6.19. The number of carboxylic acids is 2. The van der Waals surface area contributed by atoms with Crippen molar-refractivity contribution in [3.63, 3.8) is 0 Å². The van der Waals surface area contributed by atoms with Gasteiger partial charge in [-0.25, -0.2) is 9.59 Å². The molecule has 0 unspecified atom stereocenters. The fourth-order valence-electron chi connectivity index (χ4n) is 3.01. The highest BCUT2D eigenvalue weighted by molar-refractivity contribution is 5.88. The van der Waals surface area contributed by atoms with Crippen molar-refractivity contribution in [3.8, 4) is 40.1 Å². The minimum Gasteiger partial charge on any atom is -0.508 e. The number of fused-ring (bicyclic) bond motifs is 1. The van der Waals surface area contributed by atoms with E-state index in [4.69, 9.17) is 19.4 Å². The molecule has 3 aromatic rings. The van der Waals surface area contributed by atoms with Gasteiger partial charge in [0.25, 0.3) is 0 Å². The van der Waals surface area contributed by atoms with Crippen molar-refractivity contribution < 1.29 is 54.2 Å². The number of hydrogen-bond donors (Lipinski definition) is 7. The first-order chi connectivity index (χ1) is 16.0. The number of hydrogen-bond acceptors (Lipinski definition) is 10. The fourth-order valence-corrected chi connectivity index (χ4v) is 3.01. The van der Waals surface area contributed by atoms with E-state index in [2.05, 4.69) is 0 Å². The van der Waals surface area contributed by atoms with E-state index in [1.165, 1.54) is 6.07 Å². The quantitative estimate of drug-likeness (QED) is 0.259. The molecule has 3 rings (SSSR count). The lowest BCUT2D eigenvalue weighted by atomic mass is 10.1. The molecule has 0 spiro atoms. The summed E-state index contributed by atoms with van der Waals surface area (Å²) in [6.45, 7) is 0.